The molecule has 1 unspecified atom stereocenters. The van der Waals surface area contributed by atoms with Crippen LogP contribution in [0.3, 0.4) is 0 Å². The highest BCUT2D eigenvalue weighted by Gasteiger charge is 2.23. The van der Waals surface area contributed by atoms with Gasteiger partial charge in [0, 0.05) is 18.8 Å². The summed E-state index contributed by atoms with van der Waals surface area (Å²) < 4.78 is 1.86. The van der Waals surface area contributed by atoms with Gasteiger partial charge in [-0.25, -0.2) is 4.68 Å². The molecule has 0 N–H and O–H groups in total. The molecule has 4 heteroatoms. The van der Waals surface area contributed by atoms with E-state index >= 15 is 0 Å². The fraction of sp³-hybridized carbons (Fsp3) is 0.400. The van der Waals surface area contributed by atoms with Gasteiger partial charge in [-0.2, -0.15) is 0 Å². The lowest BCUT2D eigenvalue weighted by Gasteiger charge is -2.14. The van der Waals surface area contributed by atoms with Crippen molar-refractivity contribution in [2.75, 3.05) is 0 Å². The zero-order valence-corrected chi connectivity index (χ0v) is 10.8. The van der Waals surface area contributed by atoms with E-state index < -0.39 is 0 Å². The van der Waals surface area contributed by atoms with Gasteiger partial charge in [0.05, 0.1) is 17.6 Å². The topological polar surface area (TPSA) is 47.8 Å². The van der Waals surface area contributed by atoms with Crippen LogP contribution in [-0.4, -0.2) is 20.8 Å². The van der Waals surface area contributed by atoms with Gasteiger partial charge in [-0.3, -0.25) is 4.79 Å². The summed E-state index contributed by atoms with van der Waals surface area (Å²) in [5, 5.41) is 8.20. The van der Waals surface area contributed by atoms with Crippen molar-refractivity contribution in [1.82, 2.24) is 15.0 Å². The first-order valence-electron chi connectivity index (χ1n) is 6.82. The molecule has 1 fully saturated rings. The summed E-state index contributed by atoms with van der Waals surface area (Å²) in [5.41, 5.74) is 2.06. The Morgan fingerprint density at radius 3 is 2.84 bits per heavy atom. The molecular formula is C15H17N3O. The fourth-order valence-corrected chi connectivity index (χ4v) is 2.74. The molecule has 1 atom stereocenters. The standard InChI is InChI=1S/C15H17N3O/c19-14-9-5-4-6-12(10-14)15-11-16-17-18(15)13-7-2-1-3-8-13/h1-3,7-8,11-12H,4-6,9-10H2. The van der Waals surface area contributed by atoms with Crippen LogP contribution in [-0.2, 0) is 4.79 Å². The number of ketones is 1. The van der Waals surface area contributed by atoms with Gasteiger partial charge in [-0.15, -0.1) is 5.10 Å². The number of aromatic nitrogens is 3. The molecule has 0 radical (unpaired) electrons. The van der Waals surface area contributed by atoms with Crippen molar-refractivity contribution >= 4 is 5.78 Å². The number of hydrogen-bond acceptors (Lipinski definition) is 3. The summed E-state index contributed by atoms with van der Waals surface area (Å²) >= 11 is 0. The maximum atomic E-state index is 11.8. The first-order chi connectivity index (χ1) is 9.34. The van der Waals surface area contributed by atoms with Crippen molar-refractivity contribution < 1.29 is 4.79 Å². The van der Waals surface area contributed by atoms with Crippen molar-refractivity contribution in [2.24, 2.45) is 0 Å². The number of rotatable bonds is 2. The first kappa shape index (κ1) is 12.1. The van der Waals surface area contributed by atoms with Crippen molar-refractivity contribution in [3.63, 3.8) is 0 Å². The molecule has 98 valence electrons. The van der Waals surface area contributed by atoms with E-state index in [2.05, 4.69) is 10.3 Å². The second kappa shape index (κ2) is 5.34. The minimum Gasteiger partial charge on any atom is -0.300 e. The molecule has 1 aromatic heterocycles. The van der Waals surface area contributed by atoms with Crippen molar-refractivity contribution in [1.29, 1.82) is 0 Å². The normalized spacial score (nSPS) is 20.2. The van der Waals surface area contributed by atoms with E-state index in [9.17, 15) is 4.79 Å². The summed E-state index contributed by atoms with van der Waals surface area (Å²) in [6, 6.07) is 9.97. The molecule has 1 aliphatic carbocycles. The zero-order chi connectivity index (χ0) is 13.1. The molecule has 1 saturated carbocycles. The Kier molecular flexibility index (Phi) is 3.40. The van der Waals surface area contributed by atoms with Gasteiger partial charge < -0.3 is 0 Å². The number of nitrogens with zero attached hydrogens (tertiary/aromatic N) is 3. The van der Waals surface area contributed by atoms with E-state index in [-0.39, 0.29) is 5.92 Å². The predicted octanol–water partition coefficient (Wildman–Crippen LogP) is 2.88. The first-order valence-corrected chi connectivity index (χ1v) is 6.82. The summed E-state index contributed by atoms with van der Waals surface area (Å²) in [7, 11) is 0. The van der Waals surface area contributed by atoms with Gasteiger partial charge in [0.1, 0.15) is 5.78 Å². The van der Waals surface area contributed by atoms with Crippen LogP contribution in [0.25, 0.3) is 5.69 Å². The second-order valence-corrected chi connectivity index (χ2v) is 5.09. The molecule has 19 heavy (non-hydrogen) atoms. The van der Waals surface area contributed by atoms with E-state index in [0.717, 1.165) is 37.1 Å². The van der Waals surface area contributed by atoms with Gasteiger partial charge in [-0.05, 0) is 25.0 Å². The minimum atomic E-state index is 0.255. The van der Waals surface area contributed by atoms with Crippen molar-refractivity contribution in [3.05, 3.63) is 42.2 Å². The summed E-state index contributed by atoms with van der Waals surface area (Å²) in [6.07, 6.45) is 6.32. The minimum absolute atomic E-state index is 0.255. The summed E-state index contributed by atoms with van der Waals surface area (Å²) in [6.45, 7) is 0. The van der Waals surface area contributed by atoms with E-state index in [1.165, 1.54) is 0 Å². The summed E-state index contributed by atoms with van der Waals surface area (Å²) in [5.74, 6) is 0.619. The lowest BCUT2D eigenvalue weighted by atomic mass is 9.96. The van der Waals surface area contributed by atoms with Gasteiger partial charge >= 0.3 is 0 Å². The SMILES string of the molecule is O=C1CCCCC(c2cnnn2-c2ccccc2)C1. The third-order valence-corrected chi connectivity index (χ3v) is 3.73. The summed E-state index contributed by atoms with van der Waals surface area (Å²) in [4.78, 5) is 11.8. The van der Waals surface area contributed by atoms with E-state index in [4.69, 9.17) is 0 Å². The monoisotopic (exact) mass is 255 g/mol. The number of carbonyl (C=O) groups excluding carboxylic acids is 1. The number of carbonyl (C=O) groups is 1. The smallest absolute Gasteiger partial charge is 0.133 e. The molecular weight excluding hydrogens is 238 g/mol. The van der Waals surface area contributed by atoms with Crippen LogP contribution in [0.5, 0.6) is 0 Å². The number of hydrogen-bond donors (Lipinski definition) is 0. The van der Waals surface area contributed by atoms with Gasteiger partial charge in [0.25, 0.3) is 0 Å². The second-order valence-electron chi connectivity index (χ2n) is 5.09. The molecule has 0 saturated heterocycles. The number of benzene rings is 1. The Morgan fingerprint density at radius 2 is 2.00 bits per heavy atom. The Bertz CT molecular complexity index is 562. The van der Waals surface area contributed by atoms with E-state index in [1.54, 1.807) is 6.20 Å². The lowest BCUT2D eigenvalue weighted by molar-refractivity contribution is -0.119. The largest absolute Gasteiger partial charge is 0.300 e. The number of para-hydroxylation sites is 1. The third kappa shape index (κ3) is 2.57. The molecule has 3 rings (SSSR count). The number of Topliss-reactive ketones (excluding diaryl/α,β-unsaturated/α-hetero) is 1. The molecule has 1 heterocycles. The van der Waals surface area contributed by atoms with Crippen LogP contribution < -0.4 is 0 Å². The van der Waals surface area contributed by atoms with Crippen LogP contribution in [0.2, 0.25) is 0 Å². The van der Waals surface area contributed by atoms with Crippen molar-refractivity contribution in [3.8, 4) is 5.69 Å². The Labute approximate surface area is 112 Å². The quantitative estimate of drug-likeness (QED) is 0.775. The third-order valence-electron chi connectivity index (χ3n) is 3.73. The van der Waals surface area contributed by atoms with Gasteiger partial charge in [-0.1, -0.05) is 29.8 Å². The highest BCUT2D eigenvalue weighted by Crippen LogP contribution is 2.30. The molecule has 4 nitrogen and oxygen atoms in total. The van der Waals surface area contributed by atoms with Gasteiger partial charge in [0.15, 0.2) is 0 Å². The van der Waals surface area contributed by atoms with Crippen molar-refractivity contribution in [2.45, 2.75) is 38.0 Å². The molecule has 0 aliphatic heterocycles. The Balaban J connectivity index is 1.93. The van der Waals surface area contributed by atoms with E-state index in [1.807, 2.05) is 35.0 Å². The average Bonchev–Trinajstić information content (AvgIpc) is 2.83. The van der Waals surface area contributed by atoms with Crippen LogP contribution >= 0.6 is 0 Å². The highest BCUT2D eigenvalue weighted by molar-refractivity contribution is 5.79. The fourth-order valence-electron chi connectivity index (χ4n) is 2.74. The van der Waals surface area contributed by atoms with Crippen LogP contribution in [0, 0.1) is 0 Å². The molecule has 0 amide bonds. The molecule has 2 aromatic rings. The zero-order valence-electron chi connectivity index (χ0n) is 10.8. The van der Waals surface area contributed by atoms with Crippen LogP contribution in [0.15, 0.2) is 36.5 Å². The van der Waals surface area contributed by atoms with Crippen LogP contribution in [0.1, 0.15) is 43.7 Å². The maximum absolute atomic E-state index is 11.8. The highest BCUT2D eigenvalue weighted by atomic mass is 16.1. The predicted molar refractivity (Wildman–Crippen MR) is 72.2 cm³/mol. The molecule has 1 aromatic carbocycles. The lowest BCUT2D eigenvalue weighted by Crippen LogP contribution is -2.10. The molecule has 0 bridgehead atoms. The average molecular weight is 255 g/mol. The Hall–Kier alpha value is -1.97. The van der Waals surface area contributed by atoms with Crippen LogP contribution in [0.4, 0.5) is 0 Å². The van der Waals surface area contributed by atoms with E-state index in [0.29, 0.717) is 12.2 Å². The molecule has 1 aliphatic rings. The Morgan fingerprint density at radius 1 is 1.16 bits per heavy atom. The van der Waals surface area contributed by atoms with Gasteiger partial charge in [0.2, 0.25) is 0 Å². The maximum Gasteiger partial charge on any atom is 0.133 e. The molecule has 0 spiro atoms.